The average Bonchev–Trinajstić information content (AvgIpc) is 3.19. The first-order valence-corrected chi connectivity index (χ1v) is 12.3. The molecule has 1 aliphatic carbocycles. The van der Waals surface area contributed by atoms with E-state index in [1.165, 1.54) is 12.8 Å². The zero-order valence-corrected chi connectivity index (χ0v) is 19.1. The number of rotatable bonds is 7. The quantitative estimate of drug-likeness (QED) is 0.502. The Balaban J connectivity index is 1.60. The largest absolute Gasteiger partial charge is 0.323 e. The van der Waals surface area contributed by atoms with E-state index in [-0.39, 0.29) is 4.21 Å². The summed E-state index contributed by atoms with van der Waals surface area (Å²) in [6.45, 7) is 7.48. The number of hydrogen-bond donors (Lipinski definition) is 3. The van der Waals surface area contributed by atoms with Gasteiger partial charge in [-0.1, -0.05) is 6.92 Å². The predicted octanol–water partition coefficient (Wildman–Crippen LogP) is 4.19. The Labute approximate surface area is 180 Å². The predicted molar refractivity (Wildman–Crippen MR) is 119 cm³/mol. The van der Waals surface area contributed by atoms with E-state index in [9.17, 15) is 8.42 Å². The SMILES string of the molecule is CCc1cnc(-c2ccc(S(=O)(=O)NC(C)(C)C)s2)nc1Nc1cc(C2CC2)[nH]n1. The van der Waals surface area contributed by atoms with Crippen LogP contribution in [-0.2, 0) is 16.4 Å². The smallest absolute Gasteiger partial charge is 0.250 e. The molecule has 0 saturated heterocycles. The third kappa shape index (κ3) is 4.71. The molecule has 0 aromatic carbocycles. The molecule has 3 aromatic rings. The highest BCUT2D eigenvalue weighted by molar-refractivity contribution is 7.91. The summed E-state index contributed by atoms with van der Waals surface area (Å²) in [5.74, 6) is 2.48. The molecule has 3 N–H and O–H groups in total. The molecule has 0 bridgehead atoms. The van der Waals surface area contributed by atoms with Gasteiger partial charge in [0.05, 0.1) is 4.88 Å². The van der Waals surface area contributed by atoms with E-state index in [1.54, 1.807) is 18.3 Å². The summed E-state index contributed by atoms with van der Waals surface area (Å²) in [6, 6.07) is 5.35. The van der Waals surface area contributed by atoms with Gasteiger partial charge in [-0.25, -0.2) is 23.1 Å². The number of aromatic nitrogens is 4. The number of nitrogens with one attached hydrogen (secondary N) is 3. The number of thiophene rings is 1. The van der Waals surface area contributed by atoms with Crippen LogP contribution < -0.4 is 10.0 Å². The normalized spacial score (nSPS) is 14.8. The van der Waals surface area contributed by atoms with Crippen molar-refractivity contribution in [2.45, 2.75) is 62.6 Å². The van der Waals surface area contributed by atoms with Crippen LogP contribution >= 0.6 is 11.3 Å². The van der Waals surface area contributed by atoms with Crippen LogP contribution in [0.2, 0.25) is 0 Å². The van der Waals surface area contributed by atoms with Crippen LogP contribution in [0.3, 0.4) is 0 Å². The van der Waals surface area contributed by atoms with Gasteiger partial charge in [-0.15, -0.1) is 11.3 Å². The summed E-state index contributed by atoms with van der Waals surface area (Å²) in [5.41, 5.74) is 1.56. The van der Waals surface area contributed by atoms with E-state index in [0.29, 0.717) is 22.4 Å². The number of H-pyrrole nitrogens is 1. The van der Waals surface area contributed by atoms with Crippen molar-refractivity contribution in [2.75, 3.05) is 5.32 Å². The summed E-state index contributed by atoms with van der Waals surface area (Å²) < 4.78 is 28.1. The maximum Gasteiger partial charge on any atom is 0.250 e. The fourth-order valence-electron chi connectivity index (χ4n) is 3.06. The van der Waals surface area contributed by atoms with Crippen LogP contribution in [0.4, 0.5) is 11.6 Å². The molecule has 1 saturated carbocycles. The molecule has 0 radical (unpaired) electrons. The van der Waals surface area contributed by atoms with Crippen molar-refractivity contribution >= 4 is 33.0 Å². The second kappa shape index (κ2) is 7.75. The molecule has 3 heterocycles. The molecule has 0 amide bonds. The Kier molecular flexibility index (Phi) is 5.41. The van der Waals surface area contributed by atoms with Crippen LogP contribution in [0, 0.1) is 0 Å². The second-order valence-electron chi connectivity index (χ2n) is 8.50. The number of nitrogens with zero attached hydrogens (tertiary/aromatic N) is 3. The van der Waals surface area contributed by atoms with Crippen molar-refractivity contribution in [1.82, 2.24) is 24.9 Å². The highest BCUT2D eigenvalue weighted by Gasteiger charge is 2.26. The third-order valence-corrected chi connectivity index (χ3v) is 7.94. The minimum Gasteiger partial charge on any atom is -0.323 e. The molecule has 1 fully saturated rings. The molecule has 30 heavy (non-hydrogen) atoms. The van der Waals surface area contributed by atoms with Crippen LogP contribution in [-0.4, -0.2) is 34.1 Å². The molecular weight excluding hydrogens is 420 g/mol. The topological polar surface area (TPSA) is 113 Å². The Bertz CT molecular complexity index is 1160. The number of hydrogen-bond acceptors (Lipinski definition) is 7. The maximum absolute atomic E-state index is 12.6. The number of aryl methyl sites for hydroxylation is 1. The summed E-state index contributed by atoms with van der Waals surface area (Å²) in [5, 5.41) is 10.7. The van der Waals surface area contributed by atoms with Gasteiger partial charge in [0.15, 0.2) is 11.6 Å². The van der Waals surface area contributed by atoms with Crippen LogP contribution in [0.15, 0.2) is 28.6 Å². The molecule has 0 spiro atoms. The van der Waals surface area contributed by atoms with Crippen molar-refractivity contribution < 1.29 is 8.42 Å². The summed E-state index contributed by atoms with van der Waals surface area (Å²) in [7, 11) is -3.59. The molecule has 4 rings (SSSR count). The molecule has 160 valence electrons. The van der Waals surface area contributed by atoms with Gasteiger partial charge < -0.3 is 5.32 Å². The number of anilines is 2. The van der Waals surface area contributed by atoms with Crippen molar-refractivity contribution in [3.05, 3.63) is 35.7 Å². The zero-order valence-electron chi connectivity index (χ0n) is 17.5. The van der Waals surface area contributed by atoms with Gasteiger partial charge in [0.2, 0.25) is 0 Å². The Morgan fingerprint density at radius 3 is 2.70 bits per heavy atom. The molecule has 10 heteroatoms. The Morgan fingerprint density at radius 2 is 2.03 bits per heavy atom. The average molecular weight is 447 g/mol. The highest BCUT2D eigenvalue weighted by atomic mass is 32.2. The van der Waals surface area contributed by atoms with Gasteiger partial charge in [-0.2, -0.15) is 5.10 Å². The molecule has 3 aromatic heterocycles. The lowest BCUT2D eigenvalue weighted by Crippen LogP contribution is -2.40. The van der Waals surface area contributed by atoms with Crippen molar-refractivity contribution in [3.8, 4) is 10.7 Å². The van der Waals surface area contributed by atoms with E-state index in [1.807, 2.05) is 33.8 Å². The lowest BCUT2D eigenvalue weighted by Gasteiger charge is -2.19. The highest BCUT2D eigenvalue weighted by Crippen LogP contribution is 2.39. The van der Waals surface area contributed by atoms with Crippen molar-refractivity contribution in [3.63, 3.8) is 0 Å². The fraction of sp³-hybridized carbons (Fsp3) is 0.450. The van der Waals surface area contributed by atoms with Gasteiger partial charge in [0.25, 0.3) is 10.0 Å². The minimum atomic E-state index is -3.59. The van der Waals surface area contributed by atoms with Gasteiger partial charge in [0, 0.05) is 35.0 Å². The Hall–Kier alpha value is -2.30. The van der Waals surface area contributed by atoms with Crippen molar-refractivity contribution in [1.29, 1.82) is 0 Å². The standard InChI is InChI=1S/C20H26N6O2S2/c1-5-12-11-21-19(15-8-9-17(29-15)30(27,28)26-20(2,3)4)23-18(12)22-16-10-14(24-25-16)13-6-7-13/h8-11,13,26H,5-7H2,1-4H3,(H2,21,22,23,24,25). The zero-order chi connectivity index (χ0) is 21.5. The Morgan fingerprint density at radius 1 is 1.27 bits per heavy atom. The molecule has 0 unspecified atom stereocenters. The van der Waals surface area contributed by atoms with Crippen LogP contribution in [0.25, 0.3) is 10.7 Å². The van der Waals surface area contributed by atoms with E-state index in [2.05, 4.69) is 30.2 Å². The van der Waals surface area contributed by atoms with E-state index >= 15 is 0 Å². The molecule has 8 nitrogen and oxygen atoms in total. The van der Waals surface area contributed by atoms with Crippen LogP contribution in [0.1, 0.15) is 57.7 Å². The number of aromatic amines is 1. The minimum absolute atomic E-state index is 0.242. The van der Waals surface area contributed by atoms with Gasteiger partial charge in [-0.05, 0) is 52.2 Å². The second-order valence-corrected chi connectivity index (χ2v) is 11.5. The first-order valence-electron chi connectivity index (χ1n) is 9.97. The number of sulfonamides is 1. The van der Waals surface area contributed by atoms with E-state index in [4.69, 9.17) is 0 Å². The maximum atomic E-state index is 12.6. The van der Waals surface area contributed by atoms with E-state index in [0.717, 1.165) is 34.8 Å². The van der Waals surface area contributed by atoms with Gasteiger partial charge in [-0.3, -0.25) is 5.10 Å². The van der Waals surface area contributed by atoms with Crippen molar-refractivity contribution in [2.24, 2.45) is 0 Å². The molecular formula is C20H26N6O2S2. The molecule has 0 aliphatic heterocycles. The molecule has 0 atom stereocenters. The lowest BCUT2D eigenvalue weighted by molar-refractivity contribution is 0.492. The van der Waals surface area contributed by atoms with E-state index < -0.39 is 15.6 Å². The molecule has 1 aliphatic rings. The lowest BCUT2D eigenvalue weighted by atomic mass is 10.1. The third-order valence-electron chi connectivity index (χ3n) is 4.61. The van der Waals surface area contributed by atoms with Crippen LogP contribution in [0.5, 0.6) is 0 Å². The van der Waals surface area contributed by atoms with Gasteiger partial charge in [0.1, 0.15) is 10.0 Å². The summed E-state index contributed by atoms with van der Waals surface area (Å²) >= 11 is 1.15. The monoisotopic (exact) mass is 446 g/mol. The van der Waals surface area contributed by atoms with Gasteiger partial charge >= 0.3 is 0 Å². The summed E-state index contributed by atoms with van der Waals surface area (Å²) in [4.78, 5) is 9.81. The summed E-state index contributed by atoms with van der Waals surface area (Å²) in [6.07, 6.45) is 4.95. The fourth-order valence-corrected chi connectivity index (χ4v) is 5.72. The first-order chi connectivity index (χ1) is 14.1. The first kappa shape index (κ1) is 21.0.